The summed E-state index contributed by atoms with van der Waals surface area (Å²) in [7, 11) is 0. The standard InChI is InChI=1S/C30H28F2N2O/c1-16-13-24(23-8-6-7-21-17(2)15-33-28(21)23)22(12-10-19-9-11-20(31)14-25(19)32)26-18(3)29(35)30(4,5)34-27(16)26/h6-9,11,13-15,18,29,33-35H,1-5H3/t18-,29+/m0/s1. The maximum absolute atomic E-state index is 14.4. The molecule has 178 valence electrons. The zero-order chi connectivity index (χ0) is 25.1. The number of halogens is 2. The second kappa shape index (κ2) is 8.25. The molecule has 0 spiro atoms. The molecule has 0 saturated carbocycles. The van der Waals surface area contributed by atoms with Crippen LogP contribution in [0.1, 0.15) is 54.5 Å². The number of fused-ring (bicyclic) bond motifs is 2. The molecule has 3 N–H and O–H groups in total. The summed E-state index contributed by atoms with van der Waals surface area (Å²) in [6, 6.07) is 11.6. The first-order valence-corrected chi connectivity index (χ1v) is 11.8. The van der Waals surface area contributed by atoms with Gasteiger partial charge in [-0.3, -0.25) is 0 Å². The Balaban J connectivity index is 1.83. The molecule has 5 rings (SSSR count). The number of aliphatic hydroxyl groups excluding tert-OH is 1. The van der Waals surface area contributed by atoms with Gasteiger partial charge in [0.05, 0.1) is 22.7 Å². The summed E-state index contributed by atoms with van der Waals surface area (Å²) in [6.45, 7) is 10.1. The number of aryl methyl sites for hydroxylation is 2. The second-order valence-electron chi connectivity index (χ2n) is 10.1. The van der Waals surface area contributed by atoms with E-state index >= 15 is 0 Å². The third-order valence-electron chi connectivity index (χ3n) is 7.14. The van der Waals surface area contributed by atoms with Gasteiger partial charge in [0.25, 0.3) is 0 Å². The number of anilines is 1. The van der Waals surface area contributed by atoms with E-state index in [-0.39, 0.29) is 11.5 Å². The highest BCUT2D eigenvalue weighted by Crippen LogP contribution is 2.46. The fourth-order valence-corrected chi connectivity index (χ4v) is 5.23. The molecule has 4 aromatic rings. The molecular weight excluding hydrogens is 442 g/mol. The van der Waals surface area contributed by atoms with Crippen LogP contribution in [-0.2, 0) is 0 Å². The highest BCUT2D eigenvalue weighted by Gasteiger charge is 2.40. The van der Waals surface area contributed by atoms with Gasteiger partial charge >= 0.3 is 0 Å². The van der Waals surface area contributed by atoms with Gasteiger partial charge < -0.3 is 15.4 Å². The third kappa shape index (κ3) is 3.79. The Kier molecular flexibility index (Phi) is 5.45. The first kappa shape index (κ1) is 23.1. The van der Waals surface area contributed by atoms with E-state index in [1.807, 2.05) is 46.0 Å². The molecular formula is C30H28F2N2O. The minimum Gasteiger partial charge on any atom is -0.390 e. The molecule has 0 fully saturated rings. The lowest BCUT2D eigenvalue weighted by molar-refractivity contribution is 0.0868. The van der Waals surface area contributed by atoms with Crippen LogP contribution in [0.3, 0.4) is 0 Å². The number of benzene rings is 3. The van der Waals surface area contributed by atoms with Crippen LogP contribution in [0.4, 0.5) is 14.5 Å². The Morgan fingerprint density at radius 3 is 2.49 bits per heavy atom. The molecule has 3 nitrogen and oxygen atoms in total. The highest BCUT2D eigenvalue weighted by molar-refractivity contribution is 5.98. The monoisotopic (exact) mass is 470 g/mol. The number of aliphatic hydroxyl groups is 1. The van der Waals surface area contributed by atoms with Crippen molar-refractivity contribution in [3.63, 3.8) is 0 Å². The lowest BCUT2D eigenvalue weighted by atomic mass is 9.75. The minimum atomic E-state index is -0.700. The van der Waals surface area contributed by atoms with E-state index in [0.717, 1.165) is 56.0 Å². The smallest absolute Gasteiger partial charge is 0.141 e. The molecule has 3 aromatic carbocycles. The van der Waals surface area contributed by atoms with Crippen molar-refractivity contribution in [1.82, 2.24) is 4.98 Å². The van der Waals surface area contributed by atoms with Crippen LogP contribution >= 0.6 is 0 Å². The van der Waals surface area contributed by atoms with Gasteiger partial charge in [0, 0.05) is 45.9 Å². The normalized spacial score (nSPS) is 18.5. The Labute approximate surface area is 204 Å². The van der Waals surface area contributed by atoms with Crippen LogP contribution < -0.4 is 5.32 Å². The topological polar surface area (TPSA) is 48.0 Å². The number of H-pyrrole nitrogens is 1. The summed E-state index contributed by atoms with van der Waals surface area (Å²) in [4.78, 5) is 3.39. The number of nitrogens with one attached hydrogen (secondary N) is 2. The Morgan fingerprint density at radius 2 is 1.74 bits per heavy atom. The van der Waals surface area contributed by atoms with E-state index in [2.05, 4.69) is 41.2 Å². The maximum atomic E-state index is 14.4. The average Bonchev–Trinajstić information content (AvgIpc) is 3.19. The Morgan fingerprint density at radius 1 is 0.971 bits per heavy atom. The van der Waals surface area contributed by atoms with Gasteiger partial charge in [-0.2, -0.15) is 0 Å². The number of aromatic amines is 1. The lowest BCUT2D eigenvalue weighted by Gasteiger charge is -2.43. The third-order valence-corrected chi connectivity index (χ3v) is 7.14. The number of hydrogen-bond donors (Lipinski definition) is 3. The minimum absolute atomic E-state index is 0.123. The Hall–Kier alpha value is -3.62. The van der Waals surface area contributed by atoms with Crippen LogP contribution in [0.25, 0.3) is 22.0 Å². The molecule has 0 bridgehead atoms. The summed E-state index contributed by atoms with van der Waals surface area (Å²) in [5, 5.41) is 15.8. The molecule has 2 atom stereocenters. The number of aromatic nitrogens is 1. The molecule has 1 aliphatic rings. The summed E-state index contributed by atoms with van der Waals surface area (Å²) < 4.78 is 27.9. The first-order chi connectivity index (χ1) is 16.6. The molecule has 5 heteroatoms. The first-order valence-electron chi connectivity index (χ1n) is 11.8. The number of rotatable bonds is 1. The fourth-order valence-electron chi connectivity index (χ4n) is 5.23. The van der Waals surface area contributed by atoms with Crippen LogP contribution in [0.15, 0.2) is 48.7 Å². The molecule has 0 radical (unpaired) electrons. The summed E-state index contributed by atoms with van der Waals surface area (Å²) in [5.74, 6) is 4.59. The summed E-state index contributed by atoms with van der Waals surface area (Å²) in [5.41, 5.74) is 7.24. The molecule has 1 aliphatic heterocycles. The predicted molar refractivity (Wildman–Crippen MR) is 138 cm³/mol. The average molecular weight is 471 g/mol. The summed E-state index contributed by atoms with van der Waals surface area (Å²) in [6.07, 6.45) is 1.33. The Bertz CT molecular complexity index is 1540. The van der Waals surface area contributed by atoms with Crippen molar-refractivity contribution >= 4 is 16.6 Å². The van der Waals surface area contributed by atoms with Crippen molar-refractivity contribution in [2.75, 3.05) is 5.32 Å². The lowest BCUT2D eigenvalue weighted by Crippen LogP contribution is -2.50. The zero-order valence-corrected chi connectivity index (χ0v) is 20.5. The summed E-state index contributed by atoms with van der Waals surface area (Å²) >= 11 is 0. The van der Waals surface area contributed by atoms with Crippen molar-refractivity contribution in [3.05, 3.63) is 88.1 Å². The van der Waals surface area contributed by atoms with Crippen LogP contribution in [0, 0.1) is 37.3 Å². The molecule has 0 unspecified atom stereocenters. The van der Waals surface area contributed by atoms with E-state index in [0.29, 0.717) is 0 Å². The zero-order valence-electron chi connectivity index (χ0n) is 20.5. The van der Waals surface area contributed by atoms with E-state index < -0.39 is 23.3 Å². The van der Waals surface area contributed by atoms with E-state index in [4.69, 9.17) is 0 Å². The molecule has 35 heavy (non-hydrogen) atoms. The maximum Gasteiger partial charge on any atom is 0.141 e. The van der Waals surface area contributed by atoms with Gasteiger partial charge in [-0.25, -0.2) is 8.78 Å². The van der Waals surface area contributed by atoms with E-state index in [1.54, 1.807) is 0 Å². The van der Waals surface area contributed by atoms with Crippen molar-refractivity contribution in [1.29, 1.82) is 0 Å². The van der Waals surface area contributed by atoms with Gasteiger partial charge in [-0.1, -0.05) is 37.0 Å². The predicted octanol–water partition coefficient (Wildman–Crippen LogP) is 6.80. The van der Waals surface area contributed by atoms with Crippen molar-refractivity contribution in [2.24, 2.45) is 0 Å². The molecule has 0 saturated heterocycles. The van der Waals surface area contributed by atoms with Crippen LogP contribution in [0.2, 0.25) is 0 Å². The van der Waals surface area contributed by atoms with Crippen LogP contribution in [0.5, 0.6) is 0 Å². The molecule has 0 aliphatic carbocycles. The van der Waals surface area contributed by atoms with Gasteiger partial charge in [-0.05, 0) is 62.6 Å². The van der Waals surface area contributed by atoms with Crippen molar-refractivity contribution in [3.8, 4) is 23.0 Å². The van der Waals surface area contributed by atoms with E-state index in [9.17, 15) is 13.9 Å². The van der Waals surface area contributed by atoms with Crippen LogP contribution in [-0.4, -0.2) is 21.7 Å². The molecule has 2 heterocycles. The van der Waals surface area contributed by atoms with Gasteiger partial charge in [0.1, 0.15) is 11.6 Å². The van der Waals surface area contributed by atoms with Gasteiger partial charge in [0.15, 0.2) is 0 Å². The number of hydrogen-bond acceptors (Lipinski definition) is 2. The highest BCUT2D eigenvalue weighted by atomic mass is 19.1. The molecule has 0 amide bonds. The fraction of sp³-hybridized carbons (Fsp3) is 0.267. The van der Waals surface area contributed by atoms with Crippen molar-refractivity contribution in [2.45, 2.75) is 52.2 Å². The SMILES string of the molecule is Cc1cc(-c2cccc3c(C)c[nH]c23)c(C#Cc2ccc(F)cc2F)c2c1NC(C)(C)[C@H](O)[C@H]2C. The quantitative estimate of drug-likeness (QED) is 0.268. The van der Waals surface area contributed by atoms with Gasteiger partial charge in [-0.15, -0.1) is 0 Å². The number of para-hydroxylation sites is 1. The van der Waals surface area contributed by atoms with Gasteiger partial charge in [0.2, 0.25) is 0 Å². The van der Waals surface area contributed by atoms with Crippen molar-refractivity contribution < 1.29 is 13.9 Å². The second-order valence-corrected chi connectivity index (χ2v) is 10.1. The molecule has 1 aromatic heterocycles. The van der Waals surface area contributed by atoms with E-state index in [1.165, 1.54) is 12.1 Å². The largest absolute Gasteiger partial charge is 0.390 e.